The fourth-order valence-electron chi connectivity index (χ4n) is 3.47. The van der Waals surface area contributed by atoms with Crippen LogP contribution in [0.1, 0.15) is 47.6 Å². The van der Waals surface area contributed by atoms with Crippen LogP contribution in [0.4, 0.5) is 5.82 Å². The molecular formula is C19H23IN3O5PS. The molecular weight excluding hydrogens is 540 g/mol. The number of ketones is 1. The Morgan fingerprint density at radius 1 is 1.57 bits per heavy atom. The summed E-state index contributed by atoms with van der Waals surface area (Å²) >= 11 is 2.13. The topological polar surface area (TPSA) is 118 Å². The van der Waals surface area contributed by atoms with E-state index in [1.54, 1.807) is 6.92 Å². The van der Waals surface area contributed by atoms with Crippen LogP contribution in [0, 0.1) is 5.92 Å². The van der Waals surface area contributed by atoms with Crippen LogP contribution in [0.3, 0.4) is 0 Å². The van der Waals surface area contributed by atoms with Crippen molar-refractivity contribution in [3.8, 4) is 0 Å². The van der Waals surface area contributed by atoms with E-state index in [4.69, 9.17) is 8.60 Å². The van der Waals surface area contributed by atoms with Gasteiger partial charge in [-0.25, -0.2) is 0 Å². The summed E-state index contributed by atoms with van der Waals surface area (Å²) in [5.74, 6) is 0.0635. The third-order valence-corrected chi connectivity index (χ3v) is 6.42. The van der Waals surface area contributed by atoms with Gasteiger partial charge in [0.2, 0.25) is 0 Å². The number of nitrogens with zero attached hydrogens (tertiary/aromatic N) is 2. The molecule has 1 fully saturated rings. The van der Waals surface area contributed by atoms with Crippen LogP contribution >= 0.6 is 36.3 Å². The van der Waals surface area contributed by atoms with Crippen LogP contribution < -0.4 is 5.32 Å². The van der Waals surface area contributed by atoms with Crippen molar-refractivity contribution in [1.82, 2.24) is 9.97 Å². The van der Waals surface area contributed by atoms with E-state index >= 15 is 0 Å². The molecule has 0 aliphatic heterocycles. The van der Waals surface area contributed by atoms with Gasteiger partial charge in [-0.2, -0.15) is 0 Å². The van der Waals surface area contributed by atoms with Gasteiger partial charge in [0, 0.05) is 0 Å². The van der Waals surface area contributed by atoms with Crippen molar-refractivity contribution in [2.24, 2.45) is 5.92 Å². The number of carbonyl (C=O) groups is 1. The summed E-state index contributed by atoms with van der Waals surface area (Å²) in [6.07, 6.45) is 4.48. The van der Waals surface area contributed by atoms with Gasteiger partial charge < -0.3 is 5.11 Å². The minimum atomic E-state index is -0.902. The fourth-order valence-corrected chi connectivity index (χ4v) is 5.19. The molecule has 0 amide bonds. The van der Waals surface area contributed by atoms with Crippen LogP contribution in [-0.4, -0.2) is 44.7 Å². The van der Waals surface area contributed by atoms with Gasteiger partial charge >= 0.3 is 161 Å². The molecule has 0 spiro atoms. The quantitative estimate of drug-likeness (QED) is 0.125. The van der Waals surface area contributed by atoms with E-state index in [1.165, 1.54) is 24.9 Å². The number of nitrogens with one attached hydrogen (secondary N) is 1. The molecule has 3 N–H and O–H groups in total. The fraction of sp³-hybridized carbons (Fsp3) is 0.421. The predicted octanol–water partition coefficient (Wildman–Crippen LogP) is 4.07. The number of hydrogen-bond acceptors (Lipinski definition) is 8. The molecule has 0 aromatic carbocycles. The Hall–Kier alpha value is -1.04. The molecule has 3 rings (SSSR count). The van der Waals surface area contributed by atoms with Crippen LogP contribution in [-0.2, 0) is 4.18 Å². The second kappa shape index (κ2) is 10.5. The van der Waals surface area contributed by atoms with E-state index in [2.05, 4.69) is 50.9 Å². The number of rotatable bonds is 8. The number of halogens is 1. The van der Waals surface area contributed by atoms with Gasteiger partial charge in [0.1, 0.15) is 6.10 Å². The summed E-state index contributed by atoms with van der Waals surface area (Å²) in [6.45, 7) is 5.43. The predicted molar refractivity (Wildman–Crippen MR) is 126 cm³/mol. The summed E-state index contributed by atoms with van der Waals surface area (Å²) in [5, 5.41) is 23.0. The number of carbonyl (C=O) groups excluding carboxylic acids is 1. The average molecular weight is 563 g/mol. The molecule has 8 nitrogen and oxygen atoms in total. The van der Waals surface area contributed by atoms with Gasteiger partial charge in [-0.05, 0) is 12.5 Å². The number of aromatic nitrogens is 2. The number of anilines is 1. The Bertz CT molecular complexity index is 1010. The Morgan fingerprint density at radius 3 is 3.00 bits per heavy atom. The van der Waals surface area contributed by atoms with Crippen molar-refractivity contribution < 1.29 is 23.6 Å². The van der Waals surface area contributed by atoms with Crippen molar-refractivity contribution in [2.75, 3.05) is 11.9 Å². The molecule has 0 saturated heterocycles. The standard InChI is InChI=1S/C19H23IN3O5PS/c1-10(2)17(25)12-4-16(27-8-12)18(26)14-6-21-9-22-19(14)23-13-3-11(7-24)15(5-13)28-30(20)29/h4,6,8-9,11,13,15,17,24-25,30H,1,3,5,7H2,2H3,(H,21,22,23)/t11-,13-,15+,17?/m1/s1. The molecule has 11 heteroatoms. The zero-order valence-electron chi connectivity index (χ0n) is 16.2. The first-order valence-corrected chi connectivity index (χ1v) is 14.5. The molecule has 162 valence electrons. The monoisotopic (exact) mass is 563 g/mol. The second-order valence-electron chi connectivity index (χ2n) is 7.23. The van der Waals surface area contributed by atoms with E-state index in [1.807, 2.05) is 0 Å². The van der Waals surface area contributed by atoms with E-state index in [0.29, 0.717) is 29.8 Å². The van der Waals surface area contributed by atoms with E-state index in [9.17, 15) is 15.0 Å². The number of hydrogen-bond donors (Lipinski definition) is 4. The number of thiol groups is 1. The number of aliphatic hydroxyl groups excluding tert-OH is 2. The van der Waals surface area contributed by atoms with Crippen molar-refractivity contribution >= 4 is 47.9 Å². The Labute approximate surface area is 190 Å². The second-order valence-corrected chi connectivity index (χ2v) is 13.9. The Balaban J connectivity index is 1.78. The summed E-state index contributed by atoms with van der Waals surface area (Å²) in [5.41, 5.74) is 1.27. The molecule has 2 aromatic rings. The summed E-state index contributed by atoms with van der Waals surface area (Å²) in [6, 6.07) is 1.47. The van der Waals surface area contributed by atoms with Gasteiger partial charge in [-0.3, -0.25) is 0 Å². The number of furan rings is 1. The van der Waals surface area contributed by atoms with Gasteiger partial charge in [-0.15, -0.1) is 0 Å². The molecule has 5 atom stereocenters. The third kappa shape index (κ3) is 5.60. The summed E-state index contributed by atoms with van der Waals surface area (Å²) in [4.78, 5) is 21.2. The molecule has 1 aliphatic rings. The molecule has 2 unspecified atom stereocenters. The maximum atomic E-state index is 13.0. The summed E-state index contributed by atoms with van der Waals surface area (Å²) in [7, 11) is 3.45. The van der Waals surface area contributed by atoms with Gasteiger partial charge in [0.25, 0.3) is 0 Å². The van der Waals surface area contributed by atoms with Crippen molar-refractivity contribution in [3.63, 3.8) is 0 Å². The molecule has 2 aromatic heterocycles. The molecule has 0 bridgehead atoms. The third-order valence-electron chi connectivity index (χ3n) is 5.01. The normalized spacial score (nSPS) is 23.1. The maximum absolute atomic E-state index is 13.0. The average Bonchev–Trinajstić information content (AvgIpc) is 3.34. The molecule has 1 aliphatic carbocycles. The number of aliphatic hydroxyl groups is 2. The van der Waals surface area contributed by atoms with Crippen molar-refractivity contribution in [2.45, 2.75) is 38.0 Å². The minimum absolute atomic E-state index is 0.00772. The van der Waals surface area contributed by atoms with Crippen LogP contribution in [0.2, 0.25) is 0 Å². The zero-order chi connectivity index (χ0) is 21.8. The van der Waals surface area contributed by atoms with Gasteiger partial charge in [-0.1, -0.05) is 6.58 Å². The van der Waals surface area contributed by atoms with Gasteiger partial charge in [0.05, 0.1) is 0 Å². The van der Waals surface area contributed by atoms with E-state index in [-0.39, 0.29) is 36.0 Å². The van der Waals surface area contributed by atoms with E-state index < -0.39 is 19.2 Å². The molecule has 0 radical (unpaired) electrons. The first kappa shape index (κ1) is 23.6. The van der Waals surface area contributed by atoms with E-state index in [0.717, 1.165) is 0 Å². The molecule has 2 heterocycles. The van der Waals surface area contributed by atoms with Crippen LogP contribution in [0.15, 0.2) is 41.4 Å². The van der Waals surface area contributed by atoms with Crippen LogP contribution in [0.5, 0.6) is 0 Å². The van der Waals surface area contributed by atoms with Crippen molar-refractivity contribution in [3.05, 3.63) is 53.9 Å². The molecule has 30 heavy (non-hydrogen) atoms. The van der Waals surface area contributed by atoms with Crippen molar-refractivity contribution in [1.29, 1.82) is 0 Å². The Morgan fingerprint density at radius 2 is 2.33 bits per heavy atom. The first-order valence-electron chi connectivity index (χ1n) is 9.25. The first-order chi connectivity index (χ1) is 14.3. The zero-order valence-corrected chi connectivity index (χ0v) is 20.2. The Kier molecular flexibility index (Phi) is 8.28. The molecule has 1 saturated carbocycles. The SMILES string of the molecule is C=C(C)C(O)c1coc(C(=O)c2cncnc2N[C@@H]2C[C@H](CO)[C@@H](O[SH](#P)I)C2)c1. The van der Waals surface area contributed by atoms with Crippen LogP contribution in [0.25, 0.3) is 0 Å². The van der Waals surface area contributed by atoms with Gasteiger partial charge in [0.15, 0.2) is 0 Å². The summed E-state index contributed by atoms with van der Waals surface area (Å²) < 4.78 is 11.2.